The van der Waals surface area contributed by atoms with Gasteiger partial charge in [0.1, 0.15) is 6.42 Å². The van der Waals surface area contributed by atoms with Gasteiger partial charge < -0.3 is 20.3 Å². The molecule has 7 nitrogen and oxygen atoms in total. The van der Waals surface area contributed by atoms with Crippen LogP contribution >= 0.6 is 0 Å². The average Bonchev–Trinajstić information content (AvgIpc) is 2.54. The minimum atomic E-state index is -1.07. The van der Waals surface area contributed by atoms with Crippen LogP contribution in [0.4, 0.5) is 14.5 Å². The molecule has 1 fully saturated rings. The van der Waals surface area contributed by atoms with Crippen LogP contribution in [0.15, 0.2) is 18.2 Å². The monoisotopic (exact) mass is 342 g/mol. The van der Waals surface area contributed by atoms with Crippen molar-refractivity contribution in [3.05, 3.63) is 29.8 Å². The number of esters is 1. The van der Waals surface area contributed by atoms with Crippen LogP contribution in [0.2, 0.25) is 0 Å². The van der Waals surface area contributed by atoms with E-state index in [-0.39, 0.29) is 24.6 Å². The first-order chi connectivity index (χ1) is 11.4. The van der Waals surface area contributed by atoms with Crippen LogP contribution in [0.5, 0.6) is 0 Å². The second-order valence-electron chi connectivity index (χ2n) is 5.39. The molecule has 1 heterocycles. The zero-order valence-corrected chi connectivity index (χ0v) is 13.0. The fourth-order valence-electron chi connectivity index (χ4n) is 2.51. The number of carbonyl (C=O) groups excluding carboxylic acids is 3. The fourth-order valence-corrected chi connectivity index (χ4v) is 2.51. The molecule has 1 aliphatic heterocycles. The van der Waals surface area contributed by atoms with Gasteiger partial charge in [0.05, 0.1) is 20.2 Å². The topological polar surface area (TPSA) is 88.9 Å². The number of hydrogen-bond donors (Lipinski definition) is 3. The molecule has 130 valence electrons. The molecular weight excluding hydrogens is 324 g/mol. The van der Waals surface area contributed by atoms with Crippen molar-refractivity contribution in [3.63, 3.8) is 0 Å². The van der Waals surface area contributed by atoms with Gasteiger partial charge in [0, 0.05) is 11.8 Å². The predicted octanol–water partition coefficient (Wildman–Crippen LogP) is -1.15. The Labute approximate surface area is 136 Å². The third kappa shape index (κ3) is 4.48. The van der Waals surface area contributed by atoms with Crippen molar-refractivity contribution in [2.75, 3.05) is 32.1 Å². The van der Waals surface area contributed by atoms with Crippen LogP contribution in [0.25, 0.3) is 0 Å². The van der Waals surface area contributed by atoms with Crippen LogP contribution in [0, 0.1) is 11.6 Å². The molecule has 0 saturated carbocycles. The molecule has 1 aromatic carbocycles. The van der Waals surface area contributed by atoms with Gasteiger partial charge in [-0.2, -0.15) is 0 Å². The highest BCUT2D eigenvalue weighted by molar-refractivity contribution is 5.92. The number of benzene rings is 1. The van der Waals surface area contributed by atoms with E-state index < -0.39 is 29.6 Å². The largest absolute Gasteiger partial charge is 0.469 e. The van der Waals surface area contributed by atoms with Crippen molar-refractivity contribution >= 4 is 23.5 Å². The summed E-state index contributed by atoms with van der Waals surface area (Å²) in [5.74, 6) is -3.43. The standard InChI is InChI=1S/C15H17F2N3O4/c1-24-14(22)7-12-15(23)18-4-5-20(12)8-13(21)19-9-2-3-10(16)11(17)6-9/h2-3,6,12H,4-5,7-8H2,1H3,(H,18,23)(H,19,21)/p+1/t12-/m0/s1. The van der Waals surface area contributed by atoms with Crippen LogP contribution in [-0.4, -0.2) is 50.6 Å². The average molecular weight is 342 g/mol. The van der Waals surface area contributed by atoms with Crippen molar-refractivity contribution in [1.82, 2.24) is 5.32 Å². The Bertz CT molecular complexity index is 654. The Kier molecular flexibility index (Phi) is 5.80. The van der Waals surface area contributed by atoms with Crippen molar-refractivity contribution in [2.24, 2.45) is 0 Å². The third-order valence-corrected chi connectivity index (χ3v) is 3.74. The molecule has 0 aromatic heterocycles. The smallest absolute Gasteiger partial charge is 0.312 e. The highest BCUT2D eigenvalue weighted by Gasteiger charge is 2.36. The first kappa shape index (κ1) is 17.8. The molecule has 3 N–H and O–H groups in total. The maximum atomic E-state index is 13.1. The van der Waals surface area contributed by atoms with Crippen LogP contribution in [-0.2, 0) is 19.1 Å². The first-order valence-electron chi connectivity index (χ1n) is 7.34. The second kappa shape index (κ2) is 7.82. The van der Waals surface area contributed by atoms with E-state index in [1.165, 1.54) is 13.2 Å². The van der Waals surface area contributed by atoms with E-state index >= 15 is 0 Å². The van der Waals surface area contributed by atoms with Gasteiger partial charge in [-0.05, 0) is 12.1 Å². The number of rotatable bonds is 5. The minimum absolute atomic E-state index is 0.0892. The molecule has 9 heteroatoms. The number of halogens is 2. The van der Waals surface area contributed by atoms with Gasteiger partial charge in [0.2, 0.25) is 0 Å². The quantitative estimate of drug-likeness (QED) is 0.590. The Hall–Kier alpha value is -2.55. The summed E-state index contributed by atoms with van der Waals surface area (Å²) in [6.45, 7) is 0.747. The van der Waals surface area contributed by atoms with Gasteiger partial charge in [-0.1, -0.05) is 0 Å². The van der Waals surface area contributed by atoms with Crippen molar-refractivity contribution in [1.29, 1.82) is 0 Å². The number of hydrogen-bond acceptors (Lipinski definition) is 4. The Morgan fingerprint density at radius 1 is 1.38 bits per heavy atom. The minimum Gasteiger partial charge on any atom is -0.469 e. The second-order valence-corrected chi connectivity index (χ2v) is 5.39. The summed E-state index contributed by atoms with van der Waals surface area (Å²) in [7, 11) is 1.22. The van der Waals surface area contributed by atoms with E-state index in [4.69, 9.17) is 0 Å². The molecule has 0 bridgehead atoms. The van der Waals surface area contributed by atoms with E-state index in [9.17, 15) is 23.2 Å². The van der Waals surface area contributed by atoms with Gasteiger partial charge >= 0.3 is 5.97 Å². The highest BCUT2D eigenvalue weighted by Crippen LogP contribution is 2.12. The zero-order valence-electron chi connectivity index (χ0n) is 13.0. The lowest BCUT2D eigenvalue weighted by atomic mass is 10.1. The first-order valence-corrected chi connectivity index (χ1v) is 7.34. The summed E-state index contributed by atoms with van der Waals surface area (Å²) in [5, 5.41) is 5.08. The molecule has 0 aliphatic carbocycles. The molecule has 2 amide bonds. The Balaban J connectivity index is 2.00. The van der Waals surface area contributed by atoms with Gasteiger partial charge in [-0.15, -0.1) is 0 Å². The molecule has 24 heavy (non-hydrogen) atoms. The van der Waals surface area contributed by atoms with Crippen LogP contribution < -0.4 is 15.5 Å². The molecule has 2 rings (SSSR count). The molecule has 2 atom stereocenters. The third-order valence-electron chi connectivity index (χ3n) is 3.74. The molecule has 1 aliphatic rings. The molecule has 1 unspecified atom stereocenters. The highest BCUT2D eigenvalue weighted by atomic mass is 19.2. The SMILES string of the molecule is COC(=O)C[C@H]1C(=O)NCC[NH+]1CC(=O)Nc1ccc(F)c(F)c1. The van der Waals surface area contributed by atoms with Gasteiger partial charge in [0.25, 0.3) is 11.8 Å². The number of carbonyl (C=O) groups is 3. The number of anilines is 1. The molecule has 1 aromatic rings. The number of quaternary nitrogens is 1. The number of methoxy groups -OCH3 is 1. The maximum absolute atomic E-state index is 13.1. The summed E-state index contributed by atoms with van der Waals surface area (Å²) in [6.07, 6.45) is -0.143. The van der Waals surface area contributed by atoms with Crippen LogP contribution in [0.1, 0.15) is 6.42 Å². The number of nitrogens with one attached hydrogen (secondary N) is 3. The normalized spacial score (nSPS) is 20.2. The summed E-state index contributed by atoms with van der Waals surface area (Å²) < 4.78 is 30.6. The Morgan fingerprint density at radius 3 is 2.79 bits per heavy atom. The van der Waals surface area contributed by atoms with E-state index in [0.717, 1.165) is 12.1 Å². The number of amides is 2. The predicted molar refractivity (Wildman–Crippen MR) is 79.1 cm³/mol. The van der Waals surface area contributed by atoms with Crippen molar-refractivity contribution in [3.8, 4) is 0 Å². The van der Waals surface area contributed by atoms with Gasteiger partial charge in [0.15, 0.2) is 24.2 Å². The summed E-state index contributed by atoms with van der Waals surface area (Å²) in [5.41, 5.74) is 0.115. The molecular formula is C15H18F2N3O4+. The fraction of sp³-hybridized carbons (Fsp3) is 0.400. The van der Waals surface area contributed by atoms with Gasteiger partial charge in [-0.25, -0.2) is 8.78 Å². The van der Waals surface area contributed by atoms with E-state index in [0.29, 0.717) is 18.0 Å². The lowest BCUT2D eigenvalue weighted by Gasteiger charge is -2.30. The maximum Gasteiger partial charge on any atom is 0.312 e. The van der Waals surface area contributed by atoms with Crippen molar-refractivity contribution in [2.45, 2.75) is 12.5 Å². The van der Waals surface area contributed by atoms with E-state index in [2.05, 4.69) is 15.4 Å². The number of piperazine rings is 1. The summed E-state index contributed by atoms with van der Waals surface area (Å²) >= 11 is 0. The molecule has 1 saturated heterocycles. The summed E-state index contributed by atoms with van der Waals surface area (Å²) in [4.78, 5) is 36.0. The zero-order chi connectivity index (χ0) is 17.7. The lowest BCUT2D eigenvalue weighted by molar-refractivity contribution is -0.909. The molecule has 0 radical (unpaired) electrons. The van der Waals surface area contributed by atoms with Crippen LogP contribution in [0.3, 0.4) is 0 Å². The van der Waals surface area contributed by atoms with Gasteiger partial charge in [-0.3, -0.25) is 14.4 Å². The van der Waals surface area contributed by atoms with E-state index in [1.807, 2.05) is 0 Å². The molecule has 0 spiro atoms. The summed E-state index contributed by atoms with van der Waals surface area (Å²) in [6, 6.07) is 2.28. The number of ether oxygens (including phenoxy) is 1. The Morgan fingerprint density at radius 2 is 2.12 bits per heavy atom. The van der Waals surface area contributed by atoms with E-state index in [1.54, 1.807) is 0 Å². The van der Waals surface area contributed by atoms with Crippen molar-refractivity contribution < 1.29 is 32.8 Å². The lowest BCUT2D eigenvalue weighted by Crippen LogP contribution is -3.20.